The summed E-state index contributed by atoms with van der Waals surface area (Å²) < 4.78 is 41.8. The van der Waals surface area contributed by atoms with Crippen molar-refractivity contribution in [3.05, 3.63) is 33.8 Å². The van der Waals surface area contributed by atoms with Crippen molar-refractivity contribution in [2.75, 3.05) is 26.3 Å². The molecule has 0 amide bonds. The van der Waals surface area contributed by atoms with Crippen LogP contribution in [0.25, 0.3) is 0 Å². The van der Waals surface area contributed by atoms with Crippen molar-refractivity contribution in [3.8, 4) is 0 Å². The quantitative estimate of drug-likeness (QED) is 0.855. The van der Waals surface area contributed by atoms with Crippen LogP contribution in [-0.2, 0) is 10.2 Å². The van der Waals surface area contributed by atoms with Gasteiger partial charge in [-0.2, -0.15) is 13.2 Å². The number of halogens is 6. The van der Waals surface area contributed by atoms with Gasteiger partial charge >= 0.3 is 6.18 Å². The summed E-state index contributed by atoms with van der Waals surface area (Å²) in [6, 6.07) is 5.27. The van der Waals surface area contributed by atoms with Gasteiger partial charge in [0.15, 0.2) is 0 Å². The molecule has 124 valence electrons. The minimum atomic E-state index is -4.30. The van der Waals surface area contributed by atoms with Crippen molar-refractivity contribution < 1.29 is 17.9 Å². The summed E-state index contributed by atoms with van der Waals surface area (Å²) in [7, 11) is 0. The SMILES string of the molecule is Cl.FC(F)(F)COCC1(c2ccc(Cl)c(Cl)c2)C2CNC[C@@H]21. The Balaban J connectivity index is 0.00000176. The predicted molar refractivity (Wildman–Crippen MR) is 82.1 cm³/mol. The molecule has 1 aliphatic heterocycles. The molecule has 1 N–H and O–H groups in total. The zero-order valence-electron chi connectivity index (χ0n) is 11.4. The fourth-order valence-corrected chi connectivity index (χ4v) is 3.79. The first-order valence-electron chi connectivity index (χ1n) is 6.65. The minimum Gasteiger partial charge on any atom is -0.371 e. The highest BCUT2D eigenvalue weighted by atomic mass is 35.5. The third kappa shape index (κ3) is 3.20. The van der Waals surface area contributed by atoms with E-state index >= 15 is 0 Å². The molecule has 3 atom stereocenters. The van der Waals surface area contributed by atoms with E-state index in [1.807, 2.05) is 6.07 Å². The average Bonchev–Trinajstić information content (AvgIpc) is 2.79. The van der Waals surface area contributed by atoms with Crippen LogP contribution in [0.5, 0.6) is 0 Å². The highest BCUT2D eigenvalue weighted by Gasteiger charge is 2.67. The zero-order chi connectivity index (χ0) is 15.3. The van der Waals surface area contributed by atoms with Crippen LogP contribution < -0.4 is 5.32 Å². The number of alkyl halides is 3. The maximum absolute atomic E-state index is 12.3. The Morgan fingerprint density at radius 1 is 1.18 bits per heavy atom. The summed E-state index contributed by atoms with van der Waals surface area (Å²) in [4.78, 5) is 0. The Hall–Kier alpha value is -0.200. The van der Waals surface area contributed by atoms with Crippen molar-refractivity contribution in [3.63, 3.8) is 0 Å². The van der Waals surface area contributed by atoms with Crippen LogP contribution in [-0.4, -0.2) is 32.5 Å². The van der Waals surface area contributed by atoms with E-state index in [9.17, 15) is 13.2 Å². The van der Waals surface area contributed by atoms with Gasteiger partial charge in [0, 0.05) is 5.41 Å². The first-order valence-corrected chi connectivity index (χ1v) is 7.41. The summed E-state index contributed by atoms with van der Waals surface area (Å²) in [6.07, 6.45) is -4.30. The van der Waals surface area contributed by atoms with Crippen molar-refractivity contribution in [2.24, 2.45) is 11.8 Å². The van der Waals surface area contributed by atoms with Crippen LogP contribution >= 0.6 is 35.6 Å². The highest BCUT2D eigenvalue weighted by Crippen LogP contribution is 2.62. The van der Waals surface area contributed by atoms with Crippen molar-refractivity contribution in [1.82, 2.24) is 5.32 Å². The van der Waals surface area contributed by atoms with Crippen LogP contribution in [0.2, 0.25) is 10.0 Å². The molecule has 0 spiro atoms. The van der Waals surface area contributed by atoms with E-state index in [0.717, 1.165) is 18.7 Å². The van der Waals surface area contributed by atoms with Crippen molar-refractivity contribution in [2.45, 2.75) is 11.6 Å². The summed E-state index contributed by atoms with van der Waals surface area (Å²) in [5.74, 6) is 0.589. The number of hydrogen-bond acceptors (Lipinski definition) is 2. The number of hydrogen-bond donors (Lipinski definition) is 1. The highest BCUT2D eigenvalue weighted by molar-refractivity contribution is 6.42. The Bertz CT molecular complexity index is 543. The van der Waals surface area contributed by atoms with Gasteiger partial charge in [-0.25, -0.2) is 0 Å². The third-order valence-electron chi connectivity index (χ3n) is 4.49. The van der Waals surface area contributed by atoms with Gasteiger partial charge in [0.25, 0.3) is 0 Å². The predicted octanol–water partition coefficient (Wildman–Crippen LogP) is 4.08. The molecule has 2 unspecified atom stereocenters. The van der Waals surface area contributed by atoms with Crippen LogP contribution in [0.15, 0.2) is 18.2 Å². The van der Waals surface area contributed by atoms with Gasteiger partial charge in [-0.1, -0.05) is 29.3 Å². The third-order valence-corrected chi connectivity index (χ3v) is 5.23. The topological polar surface area (TPSA) is 21.3 Å². The lowest BCUT2D eigenvalue weighted by Crippen LogP contribution is -2.31. The van der Waals surface area contributed by atoms with Crippen LogP contribution in [0.4, 0.5) is 13.2 Å². The van der Waals surface area contributed by atoms with E-state index in [1.54, 1.807) is 12.1 Å². The number of fused-ring (bicyclic) bond motifs is 1. The van der Waals surface area contributed by atoms with Crippen molar-refractivity contribution >= 4 is 35.6 Å². The average molecular weight is 377 g/mol. The molecule has 1 aromatic rings. The molecule has 0 bridgehead atoms. The molecule has 2 aliphatic rings. The molecule has 22 heavy (non-hydrogen) atoms. The lowest BCUT2D eigenvalue weighted by Gasteiger charge is -2.23. The van der Waals surface area contributed by atoms with Gasteiger partial charge in [0.2, 0.25) is 0 Å². The lowest BCUT2D eigenvalue weighted by atomic mass is 9.91. The van der Waals surface area contributed by atoms with Gasteiger partial charge in [-0.05, 0) is 42.6 Å². The molecule has 2 nitrogen and oxygen atoms in total. The second kappa shape index (κ2) is 6.36. The number of rotatable bonds is 4. The first-order chi connectivity index (χ1) is 9.84. The van der Waals surface area contributed by atoms with E-state index < -0.39 is 12.8 Å². The Labute approximate surface area is 142 Å². The van der Waals surface area contributed by atoms with Crippen molar-refractivity contribution in [1.29, 1.82) is 0 Å². The van der Waals surface area contributed by atoms with Crippen LogP contribution in [0.1, 0.15) is 5.56 Å². The molecule has 1 saturated carbocycles. The molecule has 1 saturated heterocycles. The zero-order valence-corrected chi connectivity index (χ0v) is 13.7. The normalized spacial score (nSPS) is 29.9. The first kappa shape index (κ1) is 18.1. The van der Waals surface area contributed by atoms with E-state index in [0.29, 0.717) is 21.9 Å². The number of benzene rings is 1. The number of nitrogens with one attached hydrogen (secondary N) is 1. The van der Waals surface area contributed by atoms with Gasteiger partial charge < -0.3 is 10.1 Å². The molecule has 2 fully saturated rings. The smallest absolute Gasteiger partial charge is 0.371 e. The molecule has 3 rings (SSSR count). The minimum absolute atomic E-state index is 0. The van der Waals surface area contributed by atoms with Gasteiger partial charge in [-0.3, -0.25) is 0 Å². The fourth-order valence-electron chi connectivity index (χ4n) is 3.49. The van der Waals surface area contributed by atoms with Gasteiger partial charge in [0.05, 0.1) is 16.7 Å². The second-order valence-electron chi connectivity index (χ2n) is 5.65. The molecule has 8 heteroatoms. The maximum Gasteiger partial charge on any atom is 0.411 e. The molecule has 1 heterocycles. The second-order valence-corrected chi connectivity index (χ2v) is 6.46. The molecule has 1 aliphatic carbocycles. The fraction of sp³-hybridized carbons (Fsp3) is 0.571. The lowest BCUT2D eigenvalue weighted by molar-refractivity contribution is -0.176. The molecular formula is C14H15Cl3F3NO. The summed E-state index contributed by atoms with van der Waals surface area (Å²) in [5.41, 5.74) is 0.542. The maximum atomic E-state index is 12.3. The molecule has 0 radical (unpaired) electrons. The Kier molecular flexibility index (Phi) is 5.25. The standard InChI is InChI=1S/C14H14Cl2F3NO.ClH/c15-11-2-1-8(3-12(11)16)13(6-21-7-14(17,18)19)9-4-20-5-10(9)13;/h1-3,9-10,20H,4-7H2;1H/t9-,10?,13?;/m0./s1. The van der Waals surface area contributed by atoms with Crippen LogP contribution in [0.3, 0.4) is 0 Å². The van der Waals surface area contributed by atoms with E-state index in [4.69, 9.17) is 27.9 Å². The largest absolute Gasteiger partial charge is 0.411 e. The molecule has 1 aromatic carbocycles. The number of piperidine rings is 1. The molecule has 0 aromatic heterocycles. The Morgan fingerprint density at radius 2 is 1.82 bits per heavy atom. The monoisotopic (exact) mass is 375 g/mol. The van der Waals surface area contributed by atoms with E-state index in [-0.39, 0.29) is 24.4 Å². The molecular weight excluding hydrogens is 362 g/mol. The Morgan fingerprint density at radius 3 is 2.36 bits per heavy atom. The van der Waals surface area contributed by atoms with Crippen LogP contribution in [0, 0.1) is 11.8 Å². The van der Waals surface area contributed by atoms with E-state index in [1.165, 1.54) is 0 Å². The van der Waals surface area contributed by atoms with Gasteiger partial charge in [-0.15, -0.1) is 12.4 Å². The summed E-state index contributed by atoms with van der Waals surface area (Å²) >= 11 is 12.0. The summed E-state index contributed by atoms with van der Waals surface area (Å²) in [6.45, 7) is 0.422. The van der Waals surface area contributed by atoms with Gasteiger partial charge in [0.1, 0.15) is 6.61 Å². The number of ether oxygens (including phenoxy) is 1. The van der Waals surface area contributed by atoms with E-state index in [2.05, 4.69) is 5.32 Å². The summed E-state index contributed by atoms with van der Waals surface area (Å²) in [5, 5.41) is 4.10.